The van der Waals surface area contributed by atoms with Gasteiger partial charge in [-0.2, -0.15) is 0 Å². The Morgan fingerprint density at radius 2 is 2.09 bits per heavy atom. The summed E-state index contributed by atoms with van der Waals surface area (Å²) in [5.41, 5.74) is 1.10. The number of carbonyl (C=O) groups excluding carboxylic acids is 1. The Bertz CT molecular complexity index is 629. The van der Waals surface area contributed by atoms with Crippen LogP contribution in [0.1, 0.15) is 18.5 Å². The molecule has 7 heteroatoms. The van der Waals surface area contributed by atoms with Crippen molar-refractivity contribution in [1.29, 1.82) is 0 Å². The molecule has 1 saturated heterocycles. The third-order valence-corrected chi connectivity index (χ3v) is 4.35. The molecule has 2 aromatic rings. The molecular formula is C16H22N6O. The van der Waals surface area contributed by atoms with E-state index in [-0.39, 0.29) is 11.9 Å². The lowest BCUT2D eigenvalue weighted by molar-refractivity contribution is -0.139. The zero-order valence-corrected chi connectivity index (χ0v) is 13.5. The molecule has 122 valence electrons. The number of nitrogens with zero attached hydrogens (tertiary/aromatic N) is 6. The number of rotatable bonds is 4. The molecule has 0 unspecified atom stereocenters. The van der Waals surface area contributed by atoms with Crippen molar-refractivity contribution >= 4 is 5.91 Å². The zero-order chi connectivity index (χ0) is 16.2. The molecule has 2 atom stereocenters. The van der Waals surface area contributed by atoms with Crippen LogP contribution in [-0.2, 0) is 11.2 Å². The van der Waals surface area contributed by atoms with Crippen molar-refractivity contribution in [2.75, 3.05) is 26.7 Å². The summed E-state index contributed by atoms with van der Waals surface area (Å²) in [6.45, 7) is 4.61. The number of tetrazole rings is 1. The van der Waals surface area contributed by atoms with Gasteiger partial charge < -0.3 is 9.80 Å². The highest BCUT2D eigenvalue weighted by Crippen LogP contribution is 2.19. The molecule has 1 amide bonds. The summed E-state index contributed by atoms with van der Waals surface area (Å²) in [7, 11) is 2.08. The number of amides is 1. The minimum absolute atomic E-state index is 0.0850. The maximum Gasteiger partial charge on any atom is 0.248 e. The molecule has 1 aliphatic rings. The van der Waals surface area contributed by atoms with E-state index in [1.807, 2.05) is 35.2 Å². The smallest absolute Gasteiger partial charge is 0.248 e. The Hall–Kier alpha value is -2.28. The highest BCUT2D eigenvalue weighted by atomic mass is 16.2. The van der Waals surface area contributed by atoms with Crippen molar-refractivity contribution in [2.45, 2.75) is 25.4 Å². The molecule has 0 aliphatic carbocycles. The Morgan fingerprint density at radius 3 is 2.74 bits per heavy atom. The molecular weight excluding hydrogens is 292 g/mol. The number of hydrogen-bond donors (Lipinski definition) is 0. The topological polar surface area (TPSA) is 67.2 Å². The van der Waals surface area contributed by atoms with Crippen molar-refractivity contribution < 1.29 is 4.79 Å². The molecule has 0 spiro atoms. The summed E-state index contributed by atoms with van der Waals surface area (Å²) < 4.78 is 1.57. The first kappa shape index (κ1) is 15.6. The number of piperazine rings is 1. The molecule has 7 nitrogen and oxygen atoms in total. The zero-order valence-electron chi connectivity index (χ0n) is 13.5. The molecule has 0 saturated carbocycles. The molecule has 0 radical (unpaired) electrons. The van der Waals surface area contributed by atoms with Crippen LogP contribution in [0.5, 0.6) is 0 Å². The number of carbonyl (C=O) groups is 1. The van der Waals surface area contributed by atoms with E-state index in [4.69, 9.17) is 0 Å². The molecule has 1 aromatic carbocycles. The van der Waals surface area contributed by atoms with Crippen LogP contribution in [0.4, 0.5) is 0 Å². The van der Waals surface area contributed by atoms with Gasteiger partial charge in [-0.15, -0.1) is 5.10 Å². The summed E-state index contributed by atoms with van der Waals surface area (Å²) in [4.78, 5) is 17.3. The minimum Gasteiger partial charge on any atom is -0.336 e. The first-order valence-electron chi connectivity index (χ1n) is 7.90. The van der Waals surface area contributed by atoms with Crippen LogP contribution in [0.3, 0.4) is 0 Å². The molecule has 3 rings (SSSR count). The summed E-state index contributed by atoms with van der Waals surface area (Å²) >= 11 is 0. The van der Waals surface area contributed by atoms with Gasteiger partial charge in [0, 0.05) is 32.1 Å². The first-order chi connectivity index (χ1) is 11.1. The summed E-state index contributed by atoms with van der Waals surface area (Å²) in [5, 5.41) is 11.4. The standard InChI is InChI=1S/C16H22N6O/c1-13-11-20(2)8-9-21(13)16(23)15(22-12-17-18-19-22)10-14-6-4-3-5-7-14/h3-7,12-13,15H,8-11H2,1-2H3/t13-,15+/m0/s1. The quantitative estimate of drug-likeness (QED) is 0.827. The summed E-state index contributed by atoms with van der Waals surface area (Å²) in [6, 6.07) is 9.77. The van der Waals surface area contributed by atoms with E-state index in [1.165, 1.54) is 6.33 Å². The van der Waals surface area contributed by atoms with Gasteiger partial charge in [0.15, 0.2) is 0 Å². The number of aromatic nitrogens is 4. The van der Waals surface area contributed by atoms with Crippen LogP contribution >= 0.6 is 0 Å². The molecule has 0 bridgehead atoms. The Morgan fingerprint density at radius 1 is 1.30 bits per heavy atom. The van der Waals surface area contributed by atoms with Gasteiger partial charge >= 0.3 is 0 Å². The van der Waals surface area contributed by atoms with E-state index < -0.39 is 6.04 Å². The van der Waals surface area contributed by atoms with Crippen molar-refractivity contribution in [2.24, 2.45) is 0 Å². The van der Waals surface area contributed by atoms with E-state index in [9.17, 15) is 4.79 Å². The third kappa shape index (κ3) is 3.56. The second-order valence-electron chi connectivity index (χ2n) is 6.14. The van der Waals surface area contributed by atoms with E-state index in [1.54, 1.807) is 4.68 Å². The fourth-order valence-electron chi connectivity index (χ4n) is 3.10. The van der Waals surface area contributed by atoms with Crippen LogP contribution in [0.2, 0.25) is 0 Å². The Kier molecular flexibility index (Phi) is 4.66. The van der Waals surface area contributed by atoms with E-state index in [2.05, 4.69) is 34.4 Å². The second-order valence-corrected chi connectivity index (χ2v) is 6.14. The molecule has 0 N–H and O–H groups in total. The average molecular weight is 314 g/mol. The number of hydrogen-bond acceptors (Lipinski definition) is 5. The second kappa shape index (κ2) is 6.87. The van der Waals surface area contributed by atoms with Gasteiger partial charge in [0.05, 0.1) is 0 Å². The number of benzene rings is 1. The third-order valence-electron chi connectivity index (χ3n) is 4.35. The highest BCUT2D eigenvalue weighted by Gasteiger charge is 2.32. The van der Waals surface area contributed by atoms with Gasteiger partial charge in [-0.05, 0) is 30.0 Å². The lowest BCUT2D eigenvalue weighted by atomic mass is 10.0. The van der Waals surface area contributed by atoms with Gasteiger partial charge in [0.25, 0.3) is 0 Å². The van der Waals surface area contributed by atoms with Crippen molar-refractivity contribution in [3.8, 4) is 0 Å². The average Bonchev–Trinajstić information content (AvgIpc) is 3.07. The summed E-state index contributed by atoms with van der Waals surface area (Å²) in [5.74, 6) is 0.0850. The monoisotopic (exact) mass is 314 g/mol. The molecule has 1 aromatic heterocycles. The van der Waals surface area contributed by atoms with Crippen LogP contribution in [-0.4, -0.2) is 68.6 Å². The number of likely N-dealkylation sites (N-methyl/N-ethyl adjacent to an activating group) is 1. The Labute approximate surface area is 135 Å². The van der Waals surface area contributed by atoms with Crippen LogP contribution in [0.25, 0.3) is 0 Å². The van der Waals surface area contributed by atoms with Crippen molar-refractivity contribution in [1.82, 2.24) is 30.0 Å². The van der Waals surface area contributed by atoms with Gasteiger partial charge in [-0.25, -0.2) is 4.68 Å². The van der Waals surface area contributed by atoms with E-state index in [0.717, 1.165) is 25.2 Å². The van der Waals surface area contributed by atoms with Crippen LogP contribution in [0.15, 0.2) is 36.7 Å². The first-order valence-corrected chi connectivity index (χ1v) is 7.90. The van der Waals surface area contributed by atoms with Crippen molar-refractivity contribution in [3.05, 3.63) is 42.2 Å². The molecule has 1 fully saturated rings. The van der Waals surface area contributed by atoms with Gasteiger partial charge in [0.2, 0.25) is 5.91 Å². The van der Waals surface area contributed by atoms with Gasteiger partial charge in [0.1, 0.15) is 12.4 Å². The predicted octanol–water partition coefficient (Wildman–Crippen LogP) is 0.619. The molecule has 1 aliphatic heterocycles. The fourth-order valence-corrected chi connectivity index (χ4v) is 3.10. The van der Waals surface area contributed by atoms with Crippen LogP contribution in [0, 0.1) is 0 Å². The van der Waals surface area contributed by atoms with Crippen LogP contribution < -0.4 is 0 Å². The van der Waals surface area contributed by atoms with E-state index >= 15 is 0 Å². The van der Waals surface area contributed by atoms with Crippen molar-refractivity contribution in [3.63, 3.8) is 0 Å². The fraction of sp³-hybridized carbons (Fsp3) is 0.500. The Balaban J connectivity index is 1.82. The molecule has 23 heavy (non-hydrogen) atoms. The predicted molar refractivity (Wildman–Crippen MR) is 85.7 cm³/mol. The normalized spacial score (nSPS) is 20.4. The summed E-state index contributed by atoms with van der Waals surface area (Å²) in [6.07, 6.45) is 2.11. The lowest BCUT2D eigenvalue weighted by Crippen LogP contribution is -2.54. The van der Waals surface area contributed by atoms with E-state index in [0.29, 0.717) is 6.42 Å². The maximum absolute atomic E-state index is 13.1. The maximum atomic E-state index is 13.1. The minimum atomic E-state index is -0.404. The largest absolute Gasteiger partial charge is 0.336 e. The molecule has 2 heterocycles. The lowest BCUT2D eigenvalue weighted by Gasteiger charge is -2.39. The van der Waals surface area contributed by atoms with Gasteiger partial charge in [-0.3, -0.25) is 4.79 Å². The highest BCUT2D eigenvalue weighted by molar-refractivity contribution is 5.81. The SMILES string of the molecule is C[C@H]1CN(C)CCN1C(=O)[C@@H](Cc1ccccc1)n1cnnn1. The van der Waals surface area contributed by atoms with Gasteiger partial charge in [-0.1, -0.05) is 30.3 Å².